The first-order valence-electron chi connectivity index (χ1n) is 8.48. The second-order valence-corrected chi connectivity index (χ2v) is 7.21. The highest BCUT2D eigenvalue weighted by atomic mass is 32.2. The molecule has 0 aromatic heterocycles. The number of carbonyl (C=O) groups is 1. The van der Waals surface area contributed by atoms with Crippen molar-refractivity contribution in [1.29, 1.82) is 0 Å². The Morgan fingerprint density at radius 2 is 1.69 bits per heavy atom. The topological polar surface area (TPSA) is 72.8 Å². The van der Waals surface area contributed by atoms with E-state index < -0.39 is 22.9 Å². The van der Waals surface area contributed by atoms with Crippen LogP contribution in [0.3, 0.4) is 0 Å². The number of aliphatic carboxylic acids is 1. The van der Waals surface area contributed by atoms with Crippen molar-refractivity contribution in [2.75, 3.05) is 19.5 Å². The van der Waals surface area contributed by atoms with Crippen LogP contribution in [-0.2, 0) is 33.2 Å². The Labute approximate surface area is 156 Å². The summed E-state index contributed by atoms with van der Waals surface area (Å²) in [6.07, 6.45) is 1.92. The van der Waals surface area contributed by atoms with Gasteiger partial charge in [-0.15, -0.1) is 0 Å². The zero-order valence-corrected chi connectivity index (χ0v) is 15.8. The maximum Gasteiger partial charge on any atom is 0.333 e. The molecule has 2 rings (SSSR count). The van der Waals surface area contributed by atoms with Gasteiger partial charge in [0.1, 0.15) is 5.75 Å². The summed E-state index contributed by atoms with van der Waals surface area (Å²) in [4.78, 5) is 11.9. The Hall–Kier alpha value is -2.18. The van der Waals surface area contributed by atoms with Gasteiger partial charge in [0.05, 0.1) is 6.61 Å². The lowest BCUT2D eigenvalue weighted by molar-refractivity contribution is -0.149. The minimum atomic E-state index is -0.961. The molecule has 140 valence electrons. The second-order valence-electron chi connectivity index (χ2n) is 5.83. The average molecular weight is 376 g/mol. The SMILES string of the molecule is CCOC(Cc1ccc(OCCc2ccc(S(C)=O)cc2)cc1)C(=O)O. The van der Waals surface area contributed by atoms with Crippen molar-refractivity contribution in [1.82, 2.24) is 0 Å². The van der Waals surface area contributed by atoms with Crippen LogP contribution in [0.15, 0.2) is 53.4 Å². The number of hydrogen-bond acceptors (Lipinski definition) is 4. The normalized spacial score (nSPS) is 13.2. The third-order valence-electron chi connectivity index (χ3n) is 3.90. The quantitative estimate of drug-likeness (QED) is 0.690. The molecule has 0 saturated heterocycles. The van der Waals surface area contributed by atoms with Crippen LogP contribution in [0.5, 0.6) is 5.75 Å². The van der Waals surface area contributed by atoms with Crippen molar-refractivity contribution < 1.29 is 23.6 Å². The van der Waals surface area contributed by atoms with E-state index >= 15 is 0 Å². The molecule has 0 saturated carbocycles. The summed E-state index contributed by atoms with van der Waals surface area (Å²) >= 11 is 0. The van der Waals surface area contributed by atoms with Gasteiger partial charge in [-0.2, -0.15) is 0 Å². The number of rotatable bonds is 10. The molecule has 2 unspecified atom stereocenters. The van der Waals surface area contributed by atoms with Gasteiger partial charge in [0, 0.05) is 41.4 Å². The number of carboxylic acid groups (broad SMARTS) is 1. The van der Waals surface area contributed by atoms with E-state index in [1.165, 1.54) is 0 Å². The van der Waals surface area contributed by atoms with Crippen LogP contribution < -0.4 is 4.74 Å². The molecule has 0 bridgehead atoms. The van der Waals surface area contributed by atoms with Crippen molar-refractivity contribution >= 4 is 16.8 Å². The van der Waals surface area contributed by atoms with E-state index in [4.69, 9.17) is 14.6 Å². The molecule has 0 spiro atoms. The summed E-state index contributed by atoms with van der Waals surface area (Å²) in [5, 5.41) is 9.13. The fraction of sp³-hybridized carbons (Fsp3) is 0.350. The highest BCUT2D eigenvalue weighted by Gasteiger charge is 2.17. The molecule has 2 aromatic carbocycles. The molecule has 0 fully saturated rings. The fourth-order valence-electron chi connectivity index (χ4n) is 2.49. The standard InChI is InChI=1S/C20H24O5S/c1-3-24-19(20(21)22)14-16-4-8-17(9-5-16)25-13-12-15-6-10-18(11-7-15)26(2)23/h4-11,19H,3,12-14H2,1-2H3,(H,21,22). The molecule has 1 N–H and O–H groups in total. The van der Waals surface area contributed by atoms with Crippen molar-refractivity contribution in [2.45, 2.75) is 30.8 Å². The van der Waals surface area contributed by atoms with E-state index in [2.05, 4.69) is 0 Å². The molecular weight excluding hydrogens is 352 g/mol. The molecule has 2 atom stereocenters. The smallest absolute Gasteiger partial charge is 0.333 e. The van der Waals surface area contributed by atoms with E-state index in [-0.39, 0.29) is 0 Å². The zero-order valence-electron chi connectivity index (χ0n) is 15.0. The molecule has 0 aliphatic rings. The molecular formula is C20H24O5S. The Bertz CT molecular complexity index is 725. The van der Waals surface area contributed by atoms with Crippen LogP contribution in [0.25, 0.3) is 0 Å². The lowest BCUT2D eigenvalue weighted by Crippen LogP contribution is -2.26. The molecule has 0 aliphatic carbocycles. The van der Waals surface area contributed by atoms with Crippen molar-refractivity contribution in [3.8, 4) is 5.75 Å². The van der Waals surface area contributed by atoms with E-state index in [0.29, 0.717) is 19.6 Å². The van der Waals surface area contributed by atoms with Gasteiger partial charge in [-0.3, -0.25) is 4.21 Å². The predicted octanol–water partition coefficient (Wildman–Crippen LogP) is 3.08. The van der Waals surface area contributed by atoms with Gasteiger partial charge < -0.3 is 14.6 Å². The van der Waals surface area contributed by atoms with Gasteiger partial charge in [0.25, 0.3) is 0 Å². The first kappa shape index (κ1) is 20.1. The first-order valence-corrected chi connectivity index (χ1v) is 10.0. The average Bonchev–Trinajstić information content (AvgIpc) is 2.63. The molecule has 26 heavy (non-hydrogen) atoms. The minimum absolute atomic E-state index is 0.328. The van der Waals surface area contributed by atoms with Crippen LogP contribution in [-0.4, -0.2) is 40.9 Å². The lowest BCUT2D eigenvalue weighted by atomic mass is 10.1. The molecule has 0 heterocycles. The number of hydrogen-bond donors (Lipinski definition) is 1. The fourth-order valence-corrected chi connectivity index (χ4v) is 3.01. The highest BCUT2D eigenvalue weighted by Crippen LogP contribution is 2.15. The monoisotopic (exact) mass is 376 g/mol. The summed E-state index contributed by atoms with van der Waals surface area (Å²) in [7, 11) is -0.961. The highest BCUT2D eigenvalue weighted by molar-refractivity contribution is 7.84. The van der Waals surface area contributed by atoms with Gasteiger partial charge in [-0.05, 0) is 42.3 Å². The van der Waals surface area contributed by atoms with Gasteiger partial charge in [0.15, 0.2) is 6.10 Å². The maximum absolute atomic E-state index is 11.4. The van der Waals surface area contributed by atoms with Gasteiger partial charge >= 0.3 is 5.97 Å². The van der Waals surface area contributed by atoms with Crippen molar-refractivity contribution in [3.63, 3.8) is 0 Å². The van der Waals surface area contributed by atoms with Crippen LogP contribution in [0.2, 0.25) is 0 Å². The molecule has 0 radical (unpaired) electrons. The maximum atomic E-state index is 11.4. The summed E-state index contributed by atoms with van der Waals surface area (Å²) in [6.45, 7) is 2.68. The van der Waals surface area contributed by atoms with E-state index in [0.717, 1.165) is 28.2 Å². The summed E-state index contributed by atoms with van der Waals surface area (Å²) in [5.74, 6) is -0.214. The van der Waals surface area contributed by atoms with Gasteiger partial charge in [-0.1, -0.05) is 24.3 Å². The molecule has 0 amide bonds. The summed E-state index contributed by atoms with van der Waals surface area (Å²) in [6, 6.07) is 15.1. The van der Waals surface area contributed by atoms with Crippen LogP contribution in [0, 0.1) is 0 Å². The predicted molar refractivity (Wildman–Crippen MR) is 101 cm³/mol. The largest absolute Gasteiger partial charge is 0.493 e. The Morgan fingerprint density at radius 3 is 2.23 bits per heavy atom. The number of carboxylic acids is 1. The number of ether oxygens (including phenoxy) is 2. The number of benzene rings is 2. The first-order chi connectivity index (χ1) is 12.5. The molecule has 2 aromatic rings. The van der Waals surface area contributed by atoms with Crippen LogP contribution >= 0.6 is 0 Å². The molecule has 6 heteroatoms. The third-order valence-corrected chi connectivity index (χ3v) is 4.84. The van der Waals surface area contributed by atoms with Gasteiger partial charge in [-0.25, -0.2) is 4.79 Å². The Balaban J connectivity index is 1.83. The van der Waals surface area contributed by atoms with Gasteiger partial charge in [0.2, 0.25) is 0 Å². The summed E-state index contributed by atoms with van der Waals surface area (Å²) in [5.41, 5.74) is 2.01. The Kier molecular flexibility index (Phi) is 7.81. The second kappa shape index (κ2) is 10.1. The Morgan fingerprint density at radius 1 is 1.08 bits per heavy atom. The van der Waals surface area contributed by atoms with E-state index in [1.54, 1.807) is 13.2 Å². The molecule has 0 aliphatic heterocycles. The van der Waals surface area contributed by atoms with Crippen LogP contribution in [0.1, 0.15) is 18.1 Å². The third kappa shape index (κ3) is 6.28. The van der Waals surface area contributed by atoms with E-state index in [1.807, 2.05) is 48.5 Å². The van der Waals surface area contributed by atoms with Crippen LogP contribution in [0.4, 0.5) is 0 Å². The lowest BCUT2D eigenvalue weighted by Gasteiger charge is -2.13. The van der Waals surface area contributed by atoms with Crippen molar-refractivity contribution in [2.24, 2.45) is 0 Å². The van der Waals surface area contributed by atoms with Crippen molar-refractivity contribution in [3.05, 3.63) is 59.7 Å². The van der Waals surface area contributed by atoms with E-state index in [9.17, 15) is 9.00 Å². The summed E-state index contributed by atoms with van der Waals surface area (Å²) < 4.78 is 22.3. The minimum Gasteiger partial charge on any atom is -0.493 e. The zero-order chi connectivity index (χ0) is 18.9. The molecule has 5 nitrogen and oxygen atoms in total.